The second-order valence-electron chi connectivity index (χ2n) is 5.18. The zero-order valence-corrected chi connectivity index (χ0v) is 13.3. The first kappa shape index (κ1) is 15.7. The van der Waals surface area contributed by atoms with Crippen LogP contribution in [0.15, 0.2) is 24.3 Å². The predicted octanol–water partition coefficient (Wildman–Crippen LogP) is 2.61. The summed E-state index contributed by atoms with van der Waals surface area (Å²) in [6.45, 7) is 5.49. The van der Waals surface area contributed by atoms with Crippen molar-refractivity contribution in [2.75, 3.05) is 44.8 Å². The molecular weight excluding hydrogens is 268 g/mol. The minimum Gasteiger partial charge on any atom is -0.494 e. The highest BCUT2D eigenvalue weighted by molar-refractivity contribution is 7.99. The molecule has 2 rings (SSSR count). The summed E-state index contributed by atoms with van der Waals surface area (Å²) in [5.41, 5.74) is 1.29. The summed E-state index contributed by atoms with van der Waals surface area (Å²) in [5.74, 6) is 3.59. The smallest absolute Gasteiger partial charge is 0.119 e. The SMILES string of the molecule is CNCc1ccc(OCCCCN2CCSCC2)cc1. The summed E-state index contributed by atoms with van der Waals surface area (Å²) in [6, 6.07) is 8.37. The Bertz CT molecular complexity index is 363. The molecule has 0 amide bonds. The van der Waals surface area contributed by atoms with Crippen molar-refractivity contribution in [3.63, 3.8) is 0 Å². The van der Waals surface area contributed by atoms with Gasteiger partial charge in [0, 0.05) is 31.1 Å². The summed E-state index contributed by atoms with van der Waals surface area (Å²) >= 11 is 2.07. The average molecular weight is 294 g/mol. The van der Waals surface area contributed by atoms with Crippen LogP contribution in [0.4, 0.5) is 0 Å². The molecule has 1 aliphatic heterocycles. The second-order valence-corrected chi connectivity index (χ2v) is 6.41. The van der Waals surface area contributed by atoms with Crippen LogP contribution in [-0.2, 0) is 6.54 Å². The van der Waals surface area contributed by atoms with Gasteiger partial charge in [0.25, 0.3) is 0 Å². The van der Waals surface area contributed by atoms with Gasteiger partial charge in [-0.3, -0.25) is 0 Å². The third-order valence-corrected chi connectivity index (χ3v) is 4.49. The van der Waals surface area contributed by atoms with E-state index in [1.165, 1.54) is 43.1 Å². The number of hydrogen-bond acceptors (Lipinski definition) is 4. The summed E-state index contributed by atoms with van der Waals surface area (Å²) in [7, 11) is 1.96. The van der Waals surface area contributed by atoms with Crippen molar-refractivity contribution in [3.05, 3.63) is 29.8 Å². The van der Waals surface area contributed by atoms with Crippen molar-refractivity contribution < 1.29 is 4.74 Å². The maximum Gasteiger partial charge on any atom is 0.119 e. The molecule has 1 heterocycles. The molecule has 1 aliphatic rings. The molecule has 0 aromatic heterocycles. The Balaban J connectivity index is 1.56. The highest BCUT2D eigenvalue weighted by Crippen LogP contribution is 2.13. The molecule has 1 aromatic rings. The van der Waals surface area contributed by atoms with E-state index in [4.69, 9.17) is 4.74 Å². The van der Waals surface area contributed by atoms with Crippen LogP contribution in [0.2, 0.25) is 0 Å². The van der Waals surface area contributed by atoms with Gasteiger partial charge in [-0.15, -0.1) is 0 Å². The van der Waals surface area contributed by atoms with E-state index in [-0.39, 0.29) is 0 Å². The molecule has 1 saturated heterocycles. The van der Waals surface area contributed by atoms with E-state index < -0.39 is 0 Å². The lowest BCUT2D eigenvalue weighted by Gasteiger charge is -2.25. The Kier molecular flexibility index (Phi) is 7.26. The number of hydrogen-bond donors (Lipinski definition) is 1. The first-order chi connectivity index (χ1) is 9.88. The Morgan fingerprint density at radius 2 is 1.90 bits per heavy atom. The fourth-order valence-electron chi connectivity index (χ4n) is 2.36. The fourth-order valence-corrected chi connectivity index (χ4v) is 3.34. The van der Waals surface area contributed by atoms with Gasteiger partial charge in [-0.25, -0.2) is 0 Å². The van der Waals surface area contributed by atoms with Crippen LogP contribution in [0.25, 0.3) is 0 Å². The first-order valence-corrected chi connectivity index (χ1v) is 8.70. The van der Waals surface area contributed by atoms with E-state index in [1.54, 1.807) is 0 Å². The molecular formula is C16H26N2OS. The standard InChI is InChI=1S/C16H26N2OS/c1-17-14-15-4-6-16(7-5-15)19-11-3-2-8-18-9-12-20-13-10-18/h4-7,17H,2-3,8-14H2,1H3. The highest BCUT2D eigenvalue weighted by Gasteiger charge is 2.09. The van der Waals surface area contributed by atoms with Gasteiger partial charge in [0.15, 0.2) is 0 Å². The van der Waals surface area contributed by atoms with Gasteiger partial charge in [-0.1, -0.05) is 12.1 Å². The summed E-state index contributed by atoms with van der Waals surface area (Å²) in [6.07, 6.45) is 2.38. The number of rotatable bonds is 8. The Morgan fingerprint density at radius 3 is 2.60 bits per heavy atom. The molecule has 0 saturated carbocycles. The minimum atomic E-state index is 0.827. The summed E-state index contributed by atoms with van der Waals surface area (Å²) < 4.78 is 5.79. The lowest BCUT2D eigenvalue weighted by Crippen LogP contribution is -2.33. The molecule has 112 valence electrons. The van der Waals surface area contributed by atoms with E-state index in [0.717, 1.165) is 25.3 Å². The average Bonchev–Trinajstić information content (AvgIpc) is 2.50. The predicted molar refractivity (Wildman–Crippen MR) is 87.7 cm³/mol. The van der Waals surface area contributed by atoms with Gasteiger partial charge in [-0.05, 0) is 44.1 Å². The van der Waals surface area contributed by atoms with Crippen molar-refractivity contribution in [2.24, 2.45) is 0 Å². The van der Waals surface area contributed by atoms with E-state index >= 15 is 0 Å². The van der Waals surface area contributed by atoms with Gasteiger partial charge in [-0.2, -0.15) is 11.8 Å². The second kappa shape index (κ2) is 9.27. The molecule has 0 radical (unpaired) electrons. The van der Waals surface area contributed by atoms with Crippen LogP contribution in [-0.4, -0.2) is 49.7 Å². The number of unbranched alkanes of at least 4 members (excludes halogenated alkanes) is 1. The monoisotopic (exact) mass is 294 g/mol. The highest BCUT2D eigenvalue weighted by atomic mass is 32.2. The van der Waals surface area contributed by atoms with Crippen molar-refractivity contribution in [3.8, 4) is 5.75 Å². The van der Waals surface area contributed by atoms with Crippen LogP contribution in [0.3, 0.4) is 0 Å². The van der Waals surface area contributed by atoms with Gasteiger partial charge in [0.05, 0.1) is 6.61 Å². The van der Waals surface area contributed by atoms with Crippen LogP contribution >= 0.6 is 11.8 Å². The third-order valence-electron chi connectivity index (χ3n) is 3.55. The van der Waals surface area contributed by atoms with Crippen molar-refractivity contribution in [1.82, 2.24) is 10.2 Å². The fraction of sp³-hybridized carbons (Fsp3) is 0.625. The maximum atomic E-state index is 5.79. The molecule has 3 nitrogen and oxygen atoms in total. The Hall–Kier alpha value is -0.710. The largest absolute Gasteiger partial charge is 0.494 e. The molecule has 4 heteroatoms. The third kappa shape index (κ3) is 5.73. The van der Waals surface area contributed by atoms with Crippen LogP contribution in [0.1, 0.15) is 18.4 Å². The molecule has 20 heavy (non-hydrogen) atoms. The number of ether oxygens (including phenoxy) is 1. The van der Waals surface area contributed by atoms with Crippen molar-refractivity contribution >= 4 is 11.8 Å². The molecule has 1 N–H and O–H groups in total. The van der Waals surface area contributed by atoms with E-state index in [1.807, 2.05) is 7.05 Å². The Morgan fingerprint density at radius 1 is 1.15 bits per heavy atom. The number of benzene rings is 1. The van der Waals surface area contributed by atoms with Gasteiger partial charge >= 0.3 is 0 Å². The van der Waals surface area contributed by atoms with Crippen LogP contribution < -0.4 is 10.1 Å². The number of thioether (sulfide) groups is 1. The summed E-state index contributed by atoms with van der Waals surface area (Å²) in [4.78, 5) is 2.57. The summed E-state index contributed by atoms with van der Waals surface area (Å²) in [5, 5.41) is 3.15. The lowest BCUT2D eigenvalue weighted by molar-refractivity contribution is 0.265. The van der Waals surface area contributed by atoms with Gasteiger partial charge in [0.2, 0.25) is 0 Å². The van der Waals surface area contributed by atoms with E-state index in [9.17, 15) is 0 Å². The minimum absolute atomic E-state index is 0.827. The molecule has 0 spiro atoms. The first-order valence-electron chi connectivity index (χ1n) is 7.55. The quantitative estimate of drug-likeness (QED) is 0.745. The Labute approximate surface area is 127 Å². The van der Waals surface area contributed by atoms with Gasteiger partial charge < -0.3 is 15.0 Å². The molecule has 1 fully saturated rings. The molecule has 1 aromatic carbocycles. The zero-order valence-electron chi connectivity index (χ0n) is 12.4. The number of nitrogens with one attached hydrogen (secondary N) is 1. The van der Waals surface area contributed by atoms with Crippen LogP contribution in [0, 0.1) is 0 Å². The van der Waals surface area contributed by atoms with E-state index in [2.05, 4.69) is 46.2 Å². The topological polar surface area (TPSA) is 24.5 Å². The molecule has 0 aliphatic carbocycles. The van der Waals surface area contributed by atoms with Gasteiger partial charge in [0.1, 0.15) is 5.75 Å². The van der Waals surface area contributed by atoms with Crippen molar-refractivity contribution in [2.45, 2.75) is 19.4 Å². The van der Waals surface area contributed by atoms with Crippen molar-refractivity contribution in [1.29, 1.82) is 0 Å². The molecule has 0 atom stereocenters. The molecule has 0 bridgehead atoms. The molecule has 0 unspecified atom stereocenters. The zero-order chi connectivity index (χ0) is 14.0. The van der Waals surface area contributed by atoms with Crippen LogP contribution in [0.5, 0.6) is 5.75 Å². The lowest BCUT2D eigenvalue weighted by atomic mass is 10.2. The van der Waals surface area contributed by atoms with E-state index in [0.29, 0.717) is 0 Å². The maximum absolute atomic E-state index is 5.79. The normalized spacial score (nSPS) is 16.2. The number of nitrogens with zero attached hydrogens (tertiary/aromatic N) is 1.